The van der Waals surface area contributed by atoms with Crippen molar-refractivity contribution in [3.63, 3.8) is 0 Å². The van der Waals surface area contributed by atoms with Crippen molar-refractivity contribution in [1.82, 2.24) is 14.9 Å². The van der Waals surface area contributed by atoms with Crippen molar-refractivity contribution in [3.8, 4) is 22.6 Å². The quantitative estimate of drug-likeness (QED) is 0.456. The predicted octanol–water partition coefficient (Wildman–Crippen LogP) is 5.68. The average molecular weight is 390 g/mol. The monoisotopic (exact) mass is 389 g/mol. The summed E-state index contributed by atoms with van der Waals surface area (Å²) in [6.07, 6.45) is 5.11. The minimum atomic E-state index is 0.440. The zero-order valence-corrected chi connectivity index (χ0v) is 16.1. The van der Waals surface area contributed by atoms with E-state index in [1.165, 1.54) is 0 Å². The summed E-state index contributed by atoms with van der Waals surface area (Å²) < 4.78 is 8.25. The Morgan fingerprint density at radius 2 is 1.79 bits per heavy atom. The van der Waals surface area contributed by atoms with Crippen LogP contribution in [0.3, 0.4) is 0 Å². The number of ether oxygens (including phenoxy) is 1. The number of nitrogens with one attached hydrogen (secondary N) is 1. The molecule has 28 heavy (non-hydrogen) atoms. The molecule has 0 radical (unpaired) electrons. The highest BCUT2D eigenvalue weighted by molar-refractivity contribution is 6.35. The highest BCUT2D eigenvalue weighted by Gasteiger charge is 2.21. The van der Waals surface area contributed by atoms with Gasteiger partial charge < -0.3 is 14.6 Å². The molecule has 1 aliphatic rings. The van der Waals surface area contributed by atoms with Gasteiger partial charge in [-0.3, -0.25) is 0 Å². The summed E-state index contributed by atoms with van der Waals surface area (Å²) in [7, 11) is 0. The van der Waals surface area contributed by atoms with Crippen LogP contribution in [0.2, 0.25) is 5.15 Å². The van der Waals surface area contributed by atoms with Crippen molar-refractivity contribution < 1.29 is 4.74 Å². The van der Waals surface area contributed by atoms with Gasteiger partial charge >= 0.3 is 0 Å². The van der Waals surface area contributed by atoms with Crippen molar-refractivity contribution in [2.75, 3.05) is 13.1 Å². The van der Waals surface area contributed by atoms with Crippen LogP contribution in [-0.2, 0) is 0 Å². The molecule has 0 saturated carbocycles. The van der Waals surface area contributed by atoms with Gasteiger partial charge in [0.2, 0.25) is 0 Å². The minimum Gasteiger partial charge on any atom is -0.457 e. The summed E-state index contributed by atoms with van der Waals surface area (Å²) in [4.78, 5) is 4.32. The van der Waals surface area contributed by atoms with Gasteiger partial charge in [0.15, 0.2) is 0 Å². The van der Waals surface area contributed by atoms with Gasteiger partial charge in [-0.1, -0.05) is 41.9 Å². The molecule has 2 aromatic heterocycles. The minimum absolute atomic E-state index is 0.440. The third kappa shape index (κ3) is 3.15. The van der Waals surface area contributed by atoms with E-state index in [4.69, 9.17) is 16.3 Å². The number of aromatic nitrogens is 2. The molecular weight excluding hydrogens is 370 g/mol. The standard InChI is InChI=1S/C23H20ClN3O/c24-23-22-20(15-27(17-10-12-25-14-17)21(22)11-13-26-23)16-6-8-19(9-7-16)28-18-4-2-1-3-5-18/h1-9,11,13,15,17,25H,10,12,14H2. The molecule has 3 heterocycles. The lowest BCUT2D eigenvalue weighted by molar-refractivity contribution is 0.483. The average Bonchev–Trinajstić information content (AvgIpc) is 3.38. The number of hydrogen-bond acceptors (Lipinski definition) is 3. The second kappa shape index (κ2) is 7.30. The molecule has 4 aromatic rings. The van der Waals surface area contributed by atoms with E-state index in [9.17, 15) is 0 Å². The van der Waals surface area contributed by atoms with Gasteiger partial charge in [0.1, 0.15) is 16.7 Å². The fourth-order valence-electron chi connectivity index (χ4n) is 3.89. The Hall–Kier alpha value is -2.82. The number of halogens is 1. The summed E-state index contributed by atoms with van der Waals surface area (Å²) in [6, 6.07) is 20.4. The van der Waals surface area contributed by atoms with Gasteiger partial charge in [-0.05, 0) is 48.9 Å². The zero-order chi connectivity index (χ0) is 18.9. The maximum atomic E-state index is 6.51. The van der Waals surface area contributed by atoms with Gasteiger partial charge in [0.25, 0.3) is 0 Å². The molecule has 1 atom stereocenters. The fraction of sp³-hybridized carbons (Fsp3) is 0.174. The number of benzene rings is 2. The third-order valence-electron chi connectivity index (χ3n) is 5.27. The van der Waals surface area contributed by atoms with Crippen LogP contribution in [0.1, 0.15) is 12.5 Å². The van der Waals surface area contributed by atoms with E-state index >= 15 is 0 Å². The summed E-state index contributed by atoms with van der Waals surface area (Å²) in [5.41, 5.74) is 3.34. The van der Waals surface area contributed by atoms with E-state index in [-0.39, 0.29) is 0 Å². The Balaban J connectivity index is 1.53. The smallest absolute Gasteiger partial charge is 0.138 e. The number of para-hydroxylation sites is 1. The molecule has 5 rings (SSSR count). The van der Waals surface area contributed by atoms with Crippen LogP contribution in [0.15, 0.2) is 73.1 Å². The predicted molar refractivity (Wildman–Crippen MR) is 113 cm³/mol. The van der Waals surface area contributed by atoms with Crippen LogP contribution < -0.4 is 10.1 Å². The zero-order valence-electron chi connectivity index (χ0n) is 15.3. The summed E-state index contributed by atoms with van der Waals surface area (Å²) in [5.74, 6) is 1.63. The molecular formula is C23H20ClN3O. The molecule has 0 bridgehead atoms. The van der Waals surface area contributed by atoms with E-state index in [1.807, 2.05) is 42.5 Å². The van der Waals surface area contributed by atoms with Crippen molar-refractivity contribution in [1.29, 1.82) is 0 Å². The lowest BCUT2D eigenvalue weighted by Gasteiger charge is -2.12. The Bertz CT molecular complexity index is 1100. The SMILES string of the molecule is Clc1nccc2c1c(-c1ccc(Oc3ccccc3)cc1)cn2C1CCNC1. The van der Waals surface area contributed by atoms with Gasteiger partial charge in [-0.15, -0.1) is 0 Å². The second-order valence-corrected chi connectivity index (χ2v) is 7.39. The van der Waals surface area contributed by atoms with E-state index in [1.54, 1.807) is 6.20 Å². The number of rotatable bonds is 4. The number of nitrogens with zero attached hydrogens (tertiary/aromatic N) is 2. The molecule has 1 saturated heterocycles. The maximum absolute atomic E-state index is 6.51. The molecule has 0 amide bonds. The van der Waals surface area contributed by atoms with Crippen LogP contribution in [0, 0.1) is 0 Å². The Labute approximate surface area is 168 Å². The molecule has 1 unspecified atom stereocenters. The van der Waals surface area contributed by atoms with E-state index in [0.29, 0.717) is 11.2 Å². The highest BCUT2D eigenvalue weighted by atomic mass is 35.5. The van der Waals surface area contributed by atoms with Crippen LogP contribution >= 0.6 is 11.6 Å². The molecule has 1 fully saturated rings. The first-order chi connectivity index (χ1) is 13.8. The van der Waals surface area contributed by atoms with Gasteiger partial charge in [0, 0.05) is 35.9 Å². The van der Waals surface area contributed by atoms with Gasteiger partial charge in [0.05, 0.1) is 5.52 Å². The van der Waals surface area contributed by atoms with Gasteiger partial charge in [-0.2, -0.15) is 0 Å². The van der Waals surface area contributed by atoms with Crippen molar-refractivity contribution >= 4 is 22.5 Å². The van der Waals surface area contributed by atoms with Crippen molar-refractivity contribution in [2.24, 2.45) is 0 Å². The molecule has 1 aliphatic heterocycles. The topological polar surface area (TPSA) is 39.1 Å². The first kappa shape index (κ1) is 17.3. The third-order valence-corrected chi connectivity index (χ3v) is 5.56. The highest BCUT2D eigenvalue weighted by Crippen LogP contribution is 2.37. The molecule has 0 spiro atoms. The normalized spacial score (nSPS) is 16.5. The first-order valence-corrected chi connectivity index (χ1v) is 9.86. The number of pyridine rings is 1. The van der Waals surface area contributed by atoms with Crippen LogP contribution in [0.4, 0.5) is 0 Å². The molecule has 5 heteroatoms. The summed E-state index contributed by atoms with van der Waals surface area (Å²) in [6.45, 7) is 2.02. The lowest BCUT2D eigenvalue weighted by Crippen LogP contribution is -2.12. The van der Waals surface area contributed by atoms with Crippen LogP contribution in [0.5, 0.6) is 11.5 Å². The number of fused-ring (bicyclic) bond motifs is 1. The molecule has 4 nitrogen and oxygen atoms in total. The number of hydrogen-bond donors (Lipinski definition) is 1. The summed E-state index contributed by atoms with van der Waals surface area (Å²) >= 11 is 6.51. The Morgan fingerprint density at radius 3 is 2.54 bits per heavy atom. The Kier molecular flexibility index (Phi) is 4.51. The maximum Gasteiger partial charge on any atom is 0.138 e. The lowest BCUT2D eigenvalue weighted by atomic mass is 10.1. The molecule has 140 valence electrons. The summed E-state index contributed by atoms with van der Waals surface area (Å²) in [5, 5.41) is 4.99. The van der Waals surface area contributed by atoms with Crippen LogP contribution in [0.25, 0.3) is 22.0 Å². The first-order valence-electron chi connectivity index (χ1n) is 9.49. The molecule has 1 N–H and O–H groups in total. The largest absolute Gasteiger partial charge is 0.457 e. The second-order valence-electron chi connectivity index (χ2n) is 7.03. The van der Waals surface area contributed by atoms with E-state index in [2.05, 4.69) is 39.3 Å². The fourth-order valence-corrected chi connectivity index (χ4v) is 4.14. The van der Waals surface area contributed by atoms with Crippen molar-refractivity contribution in [2.45, 2.75) is 12.5 Å². The van der Waals surface area contributed by atoms with E-state index in [0.717, 1.165) is 53.0 Å². The van der Waals surface area contributed by atoms with E-state index < -0.39 is 0 Å². The van der Waals surface area contributed by atoms with Crippen molar-refractivity contribution in [3.05, 3.63) is 78.2 Å². The van der Waals surface area contributed by atoms with Gasteiger partial charge in [-0.25, -0.2) is 4.98 Å². The molecule has 0 aliphatic carbocycles. The van der Waals surface area contributed by atoms with Crippen LogP contribution in [-0.4, -0.2) is 22.6 Å². The Morgan fingerprint density at radius 1 is 1.00 bits per heavy atom. The molecule has 2 aromatic carbocycles.